The average Bonchev–Trinajstić information content (AvgIpc) is 2.71. The second-order valence-electron chi connectivity index (χ2n) is 5.17. The maximum Gasteiger partial charge on any atom is 0.272 e. The maximum atomic E-state index is 12.6. The van der Waals surface area contributed by atoms with Crippen molar-refractivity contribution in [2.75, 3.05) is 0 Å². The largest absolute Gasteiger partial charge is 0.507 e. The van der Waals surface area contributed by atoms with Gasteiger partial charge < -0.3 is 14.6 Å². The summed E-state index contributed by atoms with van der Waals surface area (Å²) in [5.74, 6) is -0.286. The molecule has 0 aliphatic heterocycles. The summed E-state index contributed by atoms with van der Waals surface area (Å²) < 4.78 is 7.16. The predicted octanol–water partition coefficient (Wildman–Crippen LogP) is 2.69. The van der Waals surface area contributed by atoms with Crippen molar-refractivity contribution in [2.24, 2.45) is 0 Å². The molecule has 104 valence electrons. The first-order chi connectivity index (χ1) is 9.34. The molecule has 0 spiro atoms. The molecule has 0 radical (unpaired) electrons. The van der Waals surface area contributed by atoms with Crippen LogP contribution in [0.1, 0.15) is 22.3 Å². The fraction of sp³-hybridized carbons (Fsp3) is 0.267. The van der Waals surface area contributed by atoms with Crippen LogP contribution in [-0.4, -0.2) is 14.6 Å². The number of benzene rings is 1. The highest BCUT2D eigenvalue weighted by atomic mass is 16.3. The van der Waals surface area contributed by atoms with Gasteiger partial charge in [0.25, 0.3) is 5.56 Å². The average molecular weight is 273 g/mol. The summed E-state index contributed by atoms with van der Waals surface area (Å²) in [6.45, 7) is 6.97. The van der Waals surface area contributed by atoms with E-state index in [2.05, 4.69) is 0 Å². The van der Waals surface area contributed by atoms with Crippen LogP contribution in [0, 0.1) is 27.7 Å². The van der Waals surface area contributed by atoms with E-state index in [4.69, 9.17) is 4.42 Å². The zero-order valence-corrected chi connectivity index (χ0v) is 11.7. The number of phenolic OH excluding ortho intramolecular Hbond substituents is 2. The molecular formula is C15H15NO4. The summed E-state index contributed by atoms with van der Waals surface area (Å²) in [4.78, 5) is 12.6. The number of rotatable bonds is 0. The van der Waals surface area contributed by atoms with Gasteiger partial charge in [-0.2, -0.15) is 0 Å². The summed E-state index contributed by atoms with van der Waals surface area (Å²) in [5.41, 5.74) is 2.84. The standard InChI is InChI=1S/C15H15NO4/c1-6-5-16-14(19)10-12(18)8(3)11(17)9(4)13(10)20-15(16)7(6)2/h5,17-18H,1-4H3. The highest BCUT2D eigenvalue weighted by Gasteiger charge is 2.21. The van der Waals surface area contributed by atoms with Crippen LogP contribution in [-0.2, 0) is 0 Å². The quantitative estimate of drug-likeness (QED) is 0.660. The summed E-state index contributed by atoms with van der Waals surface area (Å²) in [6, 6.07) is 0. The molecular weight excluding hydrogens is 258 g/mol. The molecule has 0 fully saturated rings. The highest BCUT2D eigenvalue weighted by molar-refractivity contribution is 5.90. The van der Waals surface area contributed by atoms with Gasteiger partial charge in [-0.05, 0) is 33.3 Å². The summed E-state index contributed by atoms with van der Waals surface area (Å²) in [5, 5.41) is 20.2. The molecule has 1 aromatic carbocycles. The lowest BCUT2D eigenvalue weighted by Crippen LogP contribution is -2.12. The summed E-state index contributed by atoms with van der Waals surface area (Å²) in [6.07, 6.45) is 1.69. The number of phenols is 2. The Kier molecular flexibility index (Phi) is 2.38. The van der Waals surface area contributed by atoms with E-state index >= 15 is 0 Å². The van der Waals surface area contributed by atoms with E-state index in [1.807, 2.05) is 13.8 Å². The molecule has 0 aliphatic rings. The van der Waals surface area contributed by atoms with Gasteiger partial charge >= 0.3 is 0 Å². The lowest BCUT2D eigenvalue weighted by atomic mass is 10.1. The molecule has 0 aliphatic carbocycles. The van der Waals surface area contributed by atoms with Crippen molar-refractivity contribution in [3.63, 3.8) is 0 Å². The topological polar surface area (TPSA) is 75.1 Å². The first-order valence-electron chi connectivity index (χ1n) is 6.30. The number of aryl methyl sites for hydroxylation is 3. The first kappa shape index (κ1) is 12.6. The van der Waals surface area contributed by atoms with Gasteiger partial charge in [0.2, 0.25) is 5.71 Å². The monoisotopic (exact) mass is 273 g/mol. The molecule has 0 saturated carbocycles. The van der Waals surface area contributed by atoms with Crippen LogP contribution in [0.2, 0.25) is 0 Å². The lowest BCUT2D eigenvalue weighted by Gasteiger charge is -2.10. The minimum Gasteiger partial charge on any atom is -0.507 e. The molecule has 0 amide bonds. The molecule has 20 heavy (non-hydrogen) atoms. The SMILES string of the molecule is Cc1cn2c(=O)c3c(O)c(C)c(O)c(C)c3oc2c1C. The van der Waals surface area contributed by atoms with Crippen molar-refractivity contribution in [3.05, 3.63) is 38.8 Å². The smallest absolute Gasteiger partial charge is 0.272 e. The second kappa shape index (κ2) is 3.79. The third-order valence-electron chi connectivity index (χ3n) is 3.96. The molecule has 5 heteroatoms. The molecule has 2 N–H and O–H groups in total. The zero-order valence-electron chi connectivity index (χ0n) is 11.7. The van der Waals surface area contributed by atoms with Crippen LogP contribution in [0.3, 0.4) is 0 Å². The number of fused-ring (bicyclic) bond motifs is 2. The van der Waals surface area contributed by atoms with Crippen molar-refractivity contribution in [1.82, 2.24) is 4.40 Å². The molecule has 3 rings (SSSR count). The van der Waals surface area contributed by atoms with Crippen molar-refractivity contribution in [1.29, 1.82) is 0 Å². The Balaban J connectivity index is 2.71. The Morgan fingerprint density at radius 2 is 1.65 bits per heavy atom. The third kappa shape index (κ3) is 1.35. The van der Waals surface area contributed by atoms with Gasteiger partial charge in [-0.3, -0.25) is 9.20 Å². The minimum absolute atomic E-state index is 0.0524. The van der Waals surface area contributed by atoms with Gasteiger partial charge in [-0.1, -0.05) is 0 Å². The molecule has 2 heterocycles. The van der Waals surface area contributed by atoms with E-state index in [-0.39, 0.29) is 33.6 Å². The molecule has 0 saturated heterocycles. The lowest BCUT2D eigenvalue weighted by molar-refractivity contribution is 0.442. The molecule has 0 bridgehead atoms. The molecule has 5 nitrogen and oxygen atoms in total. The van der Waals surface area contributed by atoms with E-state index in [0.29, 0.717) is 11.3 Å². The van der Waals surface area contributed by atoms with Gasteiger partial charge in [0.15, 0.2) is 5.58 Å². The summed E-state index contributed by atoms with van der Waals surface area (Å²) >= 11 is 0. The molecule has 0 atom stereocenters. The Hall–Kier alpha value is -2.43. The molecule has 0 unspecified atom stereocenters. The Morgan fingerprint density at radius 3 is 2.30 bits per heavy atom. The Labute approximate surface area is 114 Å². The predicted molar refractivity (Wildman–Crippen MR) is 75.7 cm³/mol. The van der Waals surface area contributed by atoms with E-state index in [1.54, 1.807) is 20.0 Å². The Morgan fingerprint density at radius 1 is 1.00 bits per heavy atom. The highest BCUT2D eigenvalue weighted by Crippen LogP contribution is 2.37. The van der Waals surface area contributed by atoms with Gasteiger partial charge in [-0.15, -0.1) is 0 Å². The summed E-state index contributed by atoms with van der Waals surface area (Å²) in [7, 11) is 0. The number of aromatic hydroxyl groups is 2. The van der Waals surface area contributed by atoms with E-state index < -0.39 is 0 Å². The van der Waals surface area contributed by atoms with Crippen molar-refractivity contribution in [2.45, 2.75) is 27.7 Å². The van der Waals surface area contributed by atoms with Crippen LogP contribution in [0.4, 0.5) is 0 Å². The fourth-order valence-corrected chi connectivity index (χ4v) is 2.50. The minimum atomic E-state index is -0.346. The molecule has 2 aromatic heterocycles. The van der Waals surface area contributed by atoms with Gasteiger partial charge in [0.1, 0.15) is 16.9 Å². The number of hydrogen-bond donors (Lipinski definition) is 2. The van der Waals surface area contributed by atoms with Gasteiger partial charge in [0, 0.05) is 22.9 Å². The first-order valence-corrected chi connectivity index (χ1v) is 6.30. The number of hydrogen-bond acceptors (Lipinski definition) is 4. The molecule has 3 aromatic rings. The van der Waals surface area contributed by atoms with Crippen LogP contribution >= 0.6 is 0 Å². The van der Waals surface area contributed by atoms with Crippen LogP contribution in [0.5, 0.6) is 11.5 Å². The number of aromatic nitrogens is 1. The third-order valence-corrected chi connectivity index (χ3v) is 3.96. The van der Waals surface area contributed by atoms with Crippen molar-refractivity contribution in [3.8, 4) is 11.5 Å². The van der Waals surface area contributed by atoms with Crippen LogP contribution < -0.4 is 5.56 Å². The zero-order chi connectivity index (χ0) is 14.8. The van der Waals surface area contributed by atoms with E-state index in [9.17, 15) is 15.0 Å². The van der Waals surface area contributed by atoms with Crippen molar-refractivity contribution < 1.29 is 14.6 Å². The maximum absolute atomic E-state index is 12.6. The van der Waals surface area contributed by atoms with E-state index in [0.717, 1.165) is 11.1 Å². The van der Waals surface area contributed by atoms with Crippen LogP contribution in [0.15, 0.2) is 15.4 Å². The van der Waals surface area contributed by atoms with Crippen LogP contribution in [0.25, 0.3) is 16.7 Å². The van der Waals surface area contributed by atoms with Crippen molar-refractivity contribution >= 4 is 16.7 Å². The normalized spacial score (nSPS) is 11.6. The second-order valence-corrected chi connectivity index (χ2v) is 5.17. The van der Waals surface area contributed by atoms with Gasteiger partial charge in [-0.25, -0.2) is 0 Å². The fourth-order valence-electron chi connectivity index (χ4n) is 2.50. The number of nitrogens with zero attached hydrogens (tertiary/aromatic N) is 1. The Bertz CT molecular complexity index is 931. The van der Waals surface area contributed by atoms with E-state index in [1.165, 1.54) is 4.40 Å². The van der Waals surface area contributed by atoms with Gasteiger partial charge in [0.05, 0.1) is 0 Å².